The molecule has 1 N–H and O–H groups in total. The Bertz CT molecular complexity index is 647. The molecule has 4 nitrogen and oxygen atoms in total. The van der Waals surface area contributed by atoms with E-state index in [1.807, 2.05) is 12.3 Å². The van der Waals surface area contributed by atoms with E-state index in [4.69, 9.17) is 0 Å². The number of pyridine rings is 1. The summed E-state index contributed by atoms with van der Waals surface area (Å²) in [5.41, 5.74) is 3.59. The molecule has 2 aliphatic rings. The van der Waals surface area contributed by atoms with E-state index in [-0.39, 0.29) is 6.04 Å². The molecule has 21 heavy (non-hydrogen) atoms. The van der Waals surface area contributed by atoms with Gasteiger partial charge in [-0.1, -0.05) is 6.07 Å². The van der Waals surface area contributed by atoms with E-state index in [0.29, 0.717) is 11.8 Å². The Morgan fingerprint density at radius 2 is 2.00 bits per heavy atom. The molecule has 0 bridgehead atoms. The lowest BCUT2D eigenvalue weighted by Gasteiger charge is -2.20. The topological polar surface area (TPSA) is 50.7 Å². The van der Waals surface area contributed by atoms with Crippen LogP contribution in [0.1, 0.15) is 54.6 Å². The smallest absolute Gasteiger partial charge is 0.130 e. The Kier molecular flexibility index (Phi) is 3.09. The van der Waals surface area contributed by atoms with Crippen LogP contribution in [0, 0.1) is 12.8 Å². The Morgan fingerprint density at radius 3 is 2.71 bits per heavy atom. The first kappa shape index (κ1) is 12.7. The van der Waals surface area contributed by atoms with Gasteiger partial charge < -0.3 is 5.32 Å². The van der Waals surface area contributed by atoms with Gasteiger partial charge in [0.15, 0.2) is 0 Å². The van der Waals surface area contributed by atoms with Crippen LogP contribution in [-0.4, -0.2) is 15.0 Å². The van der Waals surface area contributed by atoms with Gasteiger partial charge in [-0.15, -0.1) is 0 Å². The molecule has 0 unspecified atom stereocenters. The highest BCUT2D eigenvalue weighted by molar-refractivity contribution is 5.41. The molecule has 2 fully saturated rings. The predicted octanol–water partition coefficient (Wildman–Crippen LogP) is 3.62. The lowest BCUT2D eigenvalue weighted by Crippen LogP contribution is -2.16. The Hall–Kier alpha value is -1.97. The highest BCUT2D eigenvalue weighted by Crippen LogP contribution is 2.43. The standard InChI is InChI=1S/C17H20N4/c1-11-3-2-8-18-16(11)17(13-6-7-13)21-15-9-14(12-4-5-12)19-10-20-15/h2-3,8-10,12-13,17H,4-7H2,1H3,(H,19,20,21)/t17-/m1/s1. The van der Waals surface area contributed by atoms with Crippen molar-refractivity contribution in [3.8, 4) is 0 Å². The molecular weight excluding hydrogens is 260 g/mol. The third kappa shape index (κ3) is 2.75. The number of hydrogen-bond donors (Lipinski definition) is 1. The van der Waals surface area contributed by atoms with Crippen LogP contribution in [0.15, 0.2) is 30.7 Å². The summed E-state index contributed by atoms with van der Waals surface area (Å²) in [6.45, 7) is 2.13. The molecule has 0 amide bonds. The molecule has 2 aromatic heterocycles. The normalized spacial score (nSPS) is 19.3. The number of anilines is 1. The summed E-state index contributed by atoms with van der Waals surface area (Å²) in [6, 6.07) is 6.52. The molecule has 0 aromatic carbocycles. The number of aromatic nitrogens is 3. The molecule has 1 atom stereocenters. The van der Waals surface area contributed by atoms with Gasteiger partial charge in [0.2, 0.25) is 0 Å². The summed E-state index contributed by atoms with van der Waals surface area (Å²) in [7, 11) is 0. The zero-order valence-electron chi connectivity index (χ0n) is 12.3. The second kappa shape index (κ2) is 5.10. The van der Waals surface area contributed by atoms with Gasteiger partial charge in [0.25, 0.3) is 0 Å². The third-order valence-corrected chi connectivity index (χ3v) is 4.43. The van der Waals surface area contributed by atoms with Crippen LogP contribution in [0.4, 0.5) is 5.82 Å². The predicted molar refractivity (Wildman–Crippen MR) is 82.1 cm³/mol. The highest BCUT2D eigenvalue weighted by atomic mass is 15.1. The van der Waals surface area contributed by atoms with Crippen molar-refractivity contribution < 1.29 is 0 Å². The maximum absolute atomic E-state index is 4.60. The number of hydrogen-bond acceptors (Lipinski definition) is 4. The van der Waals surface area contributed by atoms with E-state index in [1.54, 1.807) is 6.33 Å². The van der Waals surface area contributed by atoms with Gasteiger partial charge in [0.1, 0.15) is 12.1 Å². The largest absolute Gasteiger partial charge is 0.361 e. The van der Waals surface area contributed by atoms with Crippen molar-refractivity contribution >= 4 is 5.82 Å². The van der Waals surface area contributed by atoms with E-state index in [2.05, 4.69) is 39.3 Å². The molecule has 0 saturated heterocycles. The fourth-order valence-electron chi connectivity index (χ4n) is 2.88. The van der Waals surface area contributed by atoms with Crippen LogP contribution in [0.2, 0.25) is 0 Å². The molecule has 2 saturated carbocycles. The summed E-state index contributed by atoms with van der Waals surface area (Å²) < 4.78 is 0. The van der Waals surface area contributed by atoms with Crippen molar-refractivity contribution in [2.75, 3.05) is 5.32 Å². The van der Waals surface area contributed by atoms with E-state index in [9.17, 15) is 0 Å². The average Bonchev–Trinajstić information content (AvgIpc) is 3.40. The van der Waals surface area contributed by atoms with E-state index in [0.717, 1.165) is 11.5 Å². The Morgan fingerprint density at radius 1 is 1.14 bits per heavy atom. The van der Waals surface area contributed by atoms with Crippen molar-refractivity contribution in [1.82, 2.24) is 15.0 Å². The molecule has 2 aliphatic carbocycles. The first-order chi connectivity index (χ1) is 10.3. The summed E-state index contributed by atoms with van der Waals surface area (Å²) in [6.07, 6.45) is 8.65. The van der Waals surface area contributed by atoms with Crippen molar-refractivity contribution in [2.24, 2.45) is 5.92 Å². The van der Waals surface area contributed by atoms with E-state index < -0.39 is 0 Å². The SMILES string of the molecule is Cc1cccnc1[C@H](Nc1cc(C2CC2)ncn1)C1CC1. The van der Waals surface area contributed by atoms with E-state index in [1.165, 1.54) is 36.9 Å². The fraction of sp³-hybridized carbons (Fsp3) is 0.471. The molecule has 4 rings (SSSR count). The quantitative estimate of drug-likeness (QED) is 0.908. The first-order valence-corrected chi connectivity index (χ1v) is 7.81. The molecule has 2 heterocycles. The Labute approximate surface area is 125 Å². The number of rotatable bonds is 5. The fourth-order valence-corrected chi connectivity index (χ4v) is 2.88. The van der Waals surface area contributed by atoms with Crippen LogP contribution in [-0.2, 0) is 0 Å². The summed E-state index contributed by atoms with van der Waals surface area (Å²) in [4.78, 5) is 13.4. The minimum Gasteiger partial charge on any atom is -0.361 e. The second-order valence-electron chi connectivity index (χ2n) is 6.27. The van der Waals surface area contributed by atoms with Gasteiger partial charge in [0, 0.05) is 23.9 Å². The number of nitrogens with one attached hydrogen (secondary N) is 1. The maximum atomic E-state index is 4.60. The molecule has 4 heteroatoms. The highest BCUT2D eigenvalue weighted by Gasteiger charge is 2.34. The lowest BCUT2D eigenvalue weighted by molar-refractivity contribution is 0.649. The first-order valence-electron chi connectivity index (χ1n) is 7.81. The summed E-state index contributed by atoms with van der Waals surface area (Å²) in [5, 5.41) is 3.61. The second-order valence-corrected chi connectivity index (χ2v) is 6.27. The minimum absolute atomic E-state index is 0.271. The van der Waals surface area contributed by atoms with Gasteiger partial charge in [0.05, 0.1) is 11.7 Å². The van der Waals surface area contributed by atoms with Gasteiger partial charge in [-0.3, -0.25) is 4.98 Å². The van der Waals surface area contributed by atoms with Crippen LogP contribution < -0.4 is 5.32 Å². The molecule has 0 aliphatic heterocycles. The van der Waals surface area contributed by atoms with Crippen molar-refractivity contribution in [1.29, 1.82) is 0 Å². The molecule has 2 aromatic rings. The van der Waals surface area contributed by atoms with Crippen LogP contribution >= 0.6 is 0 Å². The third-order valence-electron chi connectivity index (χ3n) is 4.43. The van der Waals surface area contributed by atoms with Crippen LogP contribution in [0.3, 0.4) is 0 Å². The molecular formula is C17H20N4. The molecule has 0 radical (unpaired) electrons. The molecule has 108 valence electrons. The minimum atomic E-state index is 0.271. The van der Waals surface area contributed by atoms with Gasteiger partial charge >= 0.3 is 0 Å². The average molecular weight is 280 g/mol. The van der Waals surface area contributed by atoms with Crippen molar-refractivity contribution in [3.05, 3.63) is 47.7 Å². The van der Waals surface area contributed by atoms with Gasteiger partial charge in [-0.05, 0) is 50.2 Å². The van der Waals surface area contributed by atoms with Crippen LogP contribution in [0.25, 0.3) is 0 Å². The molecule has 0 spiro atoms. The summed E-state index contributed by atoms with van der Waals surface area (Å²) >= 11 is 0. The van der Waals surface area contributed by atoms with E-state index >= 15 is 0 Å². The lowest BCUT2D eigenvalue weighted by atomic mass is 10.0. The van der Waals surface area contributed by atoms with Crippen molar-refractivity contribution in [3.63, 3.8) is 0 Å². The van der Waals surface area contributed by atoms with Crippen LogP contribution in [0.5, 0.6) is 0 Å². The summed E-state index contributed by atoms with van der Waals surface area (Å²) in [5.74, 6) is 2.27. The Balaban J connectivity index is 1.60. The van der Waals surface area contributed by atoms with Gasteiger partial charge in [-0.2, -0.15) is 0 Å². The van der Waals surface area contributed by atoms with Crippen molar-refractivity contribution in [2.45, 2.75) is 44.6 Å². The zero-order chi connectivity index (χ0) is 14.2. The maximum Gasteiger partial charge on any atom is 0.130 e. The zero-order valence-corrected chi connectivity index (χ0v) is 12.3. The monoisotopic (exact) mass is 280 g/mol. The number of nitrogens with zero attached hydrogens (tertiary/aromatic N) is 3. The van der Waals surface area contributed by atoms with Gasteiger partial charge in [-0.25, -0.2) is 9.97 Å². The number of aryl methyl sites for hydroxylation is 1.